The molecule has 0 spiro atoms. The van der Waals surface area contributed by atoms with E-state index in [0.29, 0.717) is 26.6 Å². The Bertz CT molecular complexity index is 1210. The van der Waals surface area contributed by atoms with Gasteiger partial charge in [-0.2, -0.15) is 0 Å². The number of rotatable bonds is 4. The lowest BCUT2D eigenvalue weighted by Crippen LogP contribution is -2.14. The topological polar surface area (TPSA) is 111 Å². The van der Waals surface area contributed by atoms with Crippen molar-refractivity contribution in [2.75, 3.05) is 5.32 Å². The summed E-state index contributed by atoms with van der Waals surface area (Å²) in [6, 6.07) is 8.26. The highest BCUT2D eigenvalue weighted by Crippen LogP contribution is 2.29. The first-order chi connectivity index (χ1) is 12.9. The highest BCUT2D eigenvalue weighted by Gasteiger charge is 2.16. The molecule has 2 aromatic heterocycles. The van der Waals surface area contributed by atoms with Gasteiger partial charge in [-0.05, 0) is 43.2 Å². The number of nitrogens with zero attached hydrogens (tertiary/aromatic N) is 3. The lowest BCUT2D eigenvalue weighted by molar-refractivity contribution is -0.384. The largest absolute Gasteiger partial charge is 0.356 e. The van der Waals surface area contributed by atoms with E-state index in [4.69, 9.17) is 4.52 Å². The van der Waals surface area contributed by atoms with Crippen molar-refractivity contribution in [3.05, 3.63) is 57.3 Å². The van der Waals surface area contributed by atoms with Crippen LogP contribution in [-0.4, -0.2) is 21.0 Å². The zero-order valence-corrected chi connectivity index (χ0v) is 15.3. The molecule has 136 valence electrons. The van der Waals surface area contributed by atoms with Gasteiger partial charge in [-0.3, -0.25) is 14.9 Å². The first-order valence-corrected chi connectivity index (χ1v) is 8.92. The lowest BCUT2D eigenvalue weighted by Gasteiger charge is -2.01. The van der Waals surface area contributed by atoms with Gasteiger partial charge in [0.15, 0.2) is 10.7 Å². The number of non-ortho nitro benzene ring substituents is 1. The van der Waals surface area contributed by atoms with Crippen LogP contribution in [0.1, 0.15) is 16.8 Å². The number of hydrogen-bond acceptors (Lipinski definition) is 7. The number of carbonyl (C=O) groups excluding carboxylic acids is 1. The third kappa shape index (κ3) is 3.24. The van der Waals surface area contributed by atoms with Crippen molar-refractivity contribution >= 4 is 49.2 Å². The summed E-state index contributed by atoms with van der Waals surface area (Å²) in [7, 11) is 0. The maximum absolute atomic E-state index is 12.4. The Kier molecular flexibility index (Phi) is 4.08. The van der Waals surface area contributed by atoms with Gasteiger partial charge in [0, 0.05) is 17.5 Å². The van der Waals surface area contributed by atoms with Gasteiger partial charge in [0.1, 0.15) is 5.69 Å². The molecule has 27 heavy (non-hydrogen) atoms. The van der Waals surface area contributed by atoms with Crippen molar-refractivity contribution in [1.82, 2.24) is 10.1 Å². The summed E-state index contributed by atoms with van der Waals surface area (Å²) in [5, 5.41) is 18.8. The molecule has 0 saturated heterocycles. The van der Waals surface area contributed by atoms with Gasteiger partial charge in [0.25, 0.3) is 5.69 Å². The predicted molar refractivity (Wildman–Crippen MR) is 102 cm³/mol. The van der Waals surface area contributed by atoms with Crippen LogP contribution in [0.3, 0.4) is 0 Å². The number of benzene rings is 2. The Morgan fingerprint density at radius 2 is 2.04 bits per heavy atom. The first-order valence-electron chi connectivity index (χ1n) is 8.11. The maximum atomic E-state index is 12.4. The molecule has 0 saturated carbocycles. The van der Waals surface area contributed by atoms with E-state index < -0.39 is 4.92 Å². The average molecular weight is 382 g/mol. The van der Waals surface area contributed by atoms with E-state index >= 15 is 0 Å². The second-order valence-electron chi connectivity index (χ2n) is 6.22. The minimum absolute atomic E-state index is 0.0104. The molecule has 4 rings (SSSR count). The number of aromatic nitrogens is 2. The van der Waals surface area contributed by atoms with Gasteiger partial charge < -0.3 is 9.84 Å². The van der Waals surface area contributed by atoms with Gasteiger partial charge in [-0.15, -0.1) is 0 Å². The van der Waals surface area contributed by atoms with Crippen molar-refractivity contribution in [3.63, 3.8) is 0 Å². The number of amides is 1. The monoisotopic (exact) mass is 382 g/mol. The Hall–Kier alpha value is -3.33. The van der Waals surface area contributed by atoms with E-state index in [9.17, 15) is 14.9 Å². The normalized spacial score (nSPS) is 11.2. The number of hydrogen-bond donors (Lipinski definition) is 1. The van der Waals surface area contributed by atoms with Gasteiger partial charge in [-0.25, -0.2) is 4.98 Å². The van der Waals surface area contributed by atoms with Crippen LogP contribution in [0.25, 0.3) is 21.2 Å². The SMILES string of the molecule is Cc1cc2onc(CC(=O)Nc3nc4ccc([N+](=O)[O-])cc4s3)c2cc1C. The summed E-state index contributed by atoms with van der Waals surface area (Å²) in [5.74, 6) is -0.281. The van der Waals surface area contributed by atoms with E-state index in [1.54, 1.807) is 6.07 Å². The summed E-state index contributed by atoms with van der Waals surface area (Å²) in [4.78, 5) is 27.1. The van der Waals surface area contributed by atoms with Crippen LogP contribution < -0.4 is 5.32 Å². The third-order valence-corrected chi connectivity index (χ3v) is 5.25. The number of nitrogens with one attached hydrogen (secondary N) is 1. The summed E-state index contributed by atoms with van der Waals surface area (Å²) >= 11 is 1.19. The minimum atomic E-state index is -0.462. The summed E-state index contributed by atoms with van der Waals surface area (Å²) in [6.45, 7) is 3.98. The van der Waals surface area contributed by atoms with Gasteiger partial charge in [0.05, 0.1) is 21.6 Å². The fraction of sp³-hybridized carbons (Fsp3) is 0.167. The van der Waals surface area contributed by atoms with Crippen molar-refractivity contribution in [1.29, 1.82) is 0 Å². The van der Waals surface area contributed by atoms with Crippen molar-refractivity contribution in [3.8, 4) is 0 Å². The van der Waals surface area contributed by atoms with Crippen LogP contribution >= 0.6 is 11.3 Å². The molecule has 8 nitrogen and oxygen atoms in total. The second-order valence-corrected chi connectivity index (χ2v) is 7.25. The lowest BCUT2D eigenvalue weighted by atomic mass is 10.1. The minimum Gasteiger partial charge on any atom is -0.356 e. The zero-order chi connectivity index (χ0) is 19.1. The number of aryl methyl sites for hydroxylation is 2. The average Bonchev–Trinajstić information content (AvgIpc) is 3.18. The van der Waals surface area contributed by atoms with E-state index in [0.717, 1.165) is 16.5 Å². The summed E-state index contributed by atoms with van der Waals surface area (Å²) in [6.07, 6.45) is 0.0472. The summed E-state index contributed by atoms with van der Waals surface area (Å²) < 4.78 is 5.95. The van der Waals surface area contributed by atoms with Gasteiger partial charge in [0.2, 0.25) is 5.91 Å². The molecule has 4 aromatic rings. The molecule has 1 N–H and O–H groups in total. The molecule has 0 aliphatic carbocycles. The van der Waals surface area contributed by atoms with Crippen LogP contribution in [0, 0.1) is 24.0 Å². The molecule has 9 heteroatoms. The van der Waals surface area contributed by atoms with Gasteiger partial charge in [-0.1, -0.05) is 16.5 Å². The highest BCUT2D eigenvalue weighted by molar-refractivity contribution is 7.22. The molecule has 1 amide bonds. The number of thiazole rings is 1. The first kappa shape index (κ1) is 17.1. The fourth-order valence-corrected chi connectivity index (χ4v) is 3.68. The number of fused-ring (bicyclic) bond motifs is 2. The molecule has 0 atom stereocenters. The Morgan fingerprint density at radius 1 is 1.26 bits per heavy atom. The van der Waals surface area contributed by atoms with Crippen LogP contribution in [0.5, 0.6) is 0 Å². The number of nitro benzene ring substituents is 1. The zero-order valence-electron chi connectivity index (χ0n) is 14.5. The number of nitro groups is 1. The van der Waals surface area contributed by atoms with E-state index in [1.807, 2.05) is 26.0 Å². The smallest absolute Gasteiger partial charge is 0.270 e. The molecule has 0 aliphatic heterocycles. The Labute approximate surface area is 157 Å². The van der Waals surface area contributed by atoms with Crippen LogP contribution in [-0.2, 0) is 11.2 Å². The third-order valence-electron chi connectivity index (χ3n) is 4.32. The summed E-state index contributed by atoms with van der Waals surface area (Å²) in [5.41, 5.74) is 3.98. The van der Waals surface area contributed by atoms with E-state index in [1.165, 1.54) is 23.5 Å². The second kappa shape index (κ2) is 6.44. The van der Waals surface area contributed by atoms with Crippen LogP contribution in [0.2, 0.25) is 0 Å². The fourth-order valence-electron chi connectivity index (χ4n) is 2.77. The van der Waals surface area contributed by atoms with E-state index in [-0.39, 0.29) is 18.0 Å². The molecular weight excluding hydrogens is 368 g/mol. The Morgan fingerprint density at radius 3 is 2.81 bits per heavy atom. The van der Waals surface area contributed by atoms with Crippen molar-refractivity contribution < 1.29 is 14.2 Å². The van der Waals surface area contributed by atoms with Crippen molar-refractivity contribution in [2.24, 2.45) is 0 Å². The predicted octanol–water partition coefficient (Wildman–Crippen LogP) is 4.14. The standard InChI is InChI=1S/C18H14N4O4S/c1-9-5-12-14(21-26-15(12)6-10(9)2)8-17(23)20-18-19-13-4-3-11(22(24)25)7-16(13)27-18/h3-7H,8H2,1-2H3,(H,19,20,23). The molecule has 0 fully saturated rings. The number of anilines is 1. The molecule has 2 aromatic carbocycles. The molecule has 0 radical (unpaired) electrons. The Balaban J connectivity index is 1.55. The molecular formula is C18H14N4O4S. The molecule has 0 unspecified atom stereocenters. The maximum Gasteiger partial charge on any atom is 0.270 e. The van der Waals surface area contributed by atoms with Gasteiger partial charge >= 0.3 is 0 Å². The van der Waals surface area contributed by atoms with E-state index in [2.05, 4.69) is 15.5 Å². The van der Waals surface area contributed by atoms with Crippen LogP contribution in [0.4, 0.5) is 10.8 Å². The highest BCUT2D eigenvalue weighted by atomic mass is 32.1. The quantitative estimate of drug-likeness (QED) is 0.419. The van der Waals surface area contributed by atoms with Crippen LogP contribution in [0.15, 0.2) is 34.9 Å². The molecule has 2 heterocycles. The van der Waals surface area contributed by atoms with Crippen molar-refractivity contribution in [2.45, 2.75) is 20.3 Å². The number of carbonyl (C=O) groups is 1. The molecule has 0 bridgehead atoms. The molecule has 0 aliphatic rings.